The van der Waals surface area contributed by atoms with Crippen LogP contribution in [-0.4, -0.2) is 23.8 Å². The fraction of sp³-hybridized carbons (Fsp3) is 0.118. The monoisotopic (exact) mass is 306 g/mol. The Kier molecular flexibility index (Phi) is 4.32. The van der Waals surface area contributed by atoms with Gasteiger partial charge in [0, 0.05) is 11.9 Å². The van der Waals surface area contributed by atoms with Crippen molar-refractivity contribution in [1.29, 1.82) is 5.26 Å². The third kappa shape index (κ3) is 3.20. The molecule has 2 heterocycles. The number of nitrogens with one attached hydrogen (secondary N) is 1. The summed E-state index contributed by atoms with van der Waals surface area (Å²) in [5.74, 6) is -0.260. The summed E-state index contributed by atoms with van der Waals surface area (Å²) >= 11 is 0. The third-order valence-electron chi connectivity index (χ3n) is 3.38. The molecule has 1 aliphatic rings. The summed E-state index contributed by atoms with van der Waals surface area (Å²) < 4.78 is 5.12. The van der Waals surface area contributed by atoms with E-state index in [9.17, 15) is 4.79 Å². The third-order valence-corrected chi connectivity index (χ3v) is 3.38. The minimum absolute atomic E-state index is 0.260. The van der Waals surface area contributed by atoms with Gasteiger partial charge in [-0.2, -0.15) is 5.26 Å². The largest absolute Gasteiger partial charge is 0.486 e. The highest BCUT2D eigenvalue weighted by molar-refractivity contribution is 6.05. The normalized spacial score (nSPS) is 16.2. The molecule has 1 aromatic carbocycles. The molecule has 6 heteroatoms. The first kappa shape index (κ1) is 14.8. The first-order chi connectivity index (χ1) is 11.3. The van der Waals surface area contributed by atoms with Gasteiger partial charge in [0.25, 0.3) is 5.91 Å². The Morgan fingerprint density at radius 2 is 2.13 bits per heavy atom. The van der Waals surface area contributed by atoms with Crippen molar-refractivity contribution in [2.45, 2.75) is 6.17 Å². The van der Waals surface area contributed by atoms with E-state index in [0.29, 0.717) is 12.3 Å². The predicted molar refractivity (Wildman–Crippen MR) is 84.2 cm³/mol. The van der Waals surface area contributed by atoms with Crippen LogP contribution >= 0.6 is 0 Å². The second-order valence-corrected chi connectivity index (χ2v) is 4.84. The molecular weight excluding hydrogens is 292 g/mol. The standard InChI is InChI=1S/C17H14N4O2/c18-10-13-6-7-15(19-11-13)17(22)21(14-4-2-1-3-5-14)16-8-9-23-12-20-16/h1-9,11,16,20H,12H2. The lowest BCUT2D eigenvalue weighted by Gasteiger charge is -2.31. The lowest BCUT2D eigenvalue weighted by molar-refractivity contribution is 0.0960. The van der Waals surface area contributed by atoms with Crippen molar-refractivity contribution >= 4 is 11.6 Å². The average Bonchev–Trinajstić information content (AvgIpc) is 2.64. The lowest BCUT2D eigenvalue weighted by atomic mass is 10.2. The van der Waals surface area contributed by atoms with E-state index in [2.05, 4.69) is 10.3 Å². The Hall–Kier alpha value is -3.17. The summed E-state index contributed by atoms with van der Waals surface area (Å²) in [4.78, 5) is 18.6. The van der Waals surface area contributed by atoms with Crippen molar-refractivity contribution in [3.05, 3.63) is 72.3 Å². The van der Waals surface area contributed by atoms with Crippen LogP contribution in [-0.2, 0) is 4.74 Å². The maximum atomic E-state index is 12.9. The number of anilines is 1. The van der Waals surface area contributed by atoms with Crippen LogP contribution < -0.4 is 10.2 Å². The van der Waals surface area contributed by atoms with E-state index in [1.807, 2.05) is 36.4 Å². The zero-order valence-corrected chi connectivity index (χ0v) is 12.2. The molecule has 23 heavy (non-hydrogen) atoms. The lowest BCUT2D eigenvalue weighted by Crippen LogP contribution is -2.50. The molecule has 6 nitrogen and oxygen atoms in total. The zero-order chi connectivity index (χ0) is 16.1. The number of carbonyl (C=O) groups is 1. The Morgan fingerprint density at radius 3 is 2.74 bits per heavy atom. The van der Waals surface area contributed by atoms with Gasteiger partial charge in [0.1, 0.15) is 24.7 Å². The molecular formula is C17H14N4O2. The van der Waals surface area contributed by atoms with Crippen molar-refractivity contribution in [3.63, 3.8) is 0 Å². The number of nitrogens with zero attached hydrogens (tertiary/aromatic N) is 3. The summed E-state index contributed by atoms with van der Waals surface area (Å²) in [7, 11) is 0. The number of amides is 1. The van der Waals surface area contributed by atoms with E-state index in [1.54, 1.807) is 29.4 Å². The van der Waals surface area contributed by atoms with Gasteiger partial charge < -0.3 is 4.74 Å². The minimum atomic E-state index is -0.337. The Balaban J connectivity index is 1.96. The van der Waals surface area contributed by atoms with Gasteiger partial charge in [-0.15, -0.1) is 0 Å². The molecule has 1 atom stereocenters. The van der Waals surface area contributed by atoms with E-state index in [4.69, 9.17) is 10.00 Å². The molecule has 2 aromatic rings. The van der Waals surface area contributed by atoms with Gasteiger partial charge in [0.05, 0.1) is 11.8 Å². The number of rotatable bonds is 3. The van der Waals surface area contributed by atoms with Gasteiger partial charge in [-0.25, -0.2) is 4.98 Å². The van der Waals surface area contributed by atoms with Crippen LogP contribution in [0.5, 0.6) is 0 Å². The molecule has 1 unspecified atom stereocenters. The fourth-order valence-corrected chi connectivity index (χ4v) is 2.26. The topological polar surface area (TPSA) is 78.2 Å². The van der Waals surface area contributed by atoms with E-state index in [1.165, 1.54) is 6.20 Å². The highest BCUT2D eigenvalue weighted by Gasteiger charge is 2.26. The molecule has 1 N–H and O–H groups in total. The van der Waals surface area contributed by atoms with Crippen LogP contribution in [0.2, 0.25) is 0 Å². The summed E-state index contributed by atoms with van der Waals surface area (Å²) in [5.41, 5.74) is 1.43. The quantitative estimate of drug-likeness (QED) is 0.938. The Morgan fingerprint density at radius 1 is 1.30 bits per heavy atom. The van der Waals surface area contributed by atoms with E-state index in [0.717, 1.165) is 5.69 Å². The molecule has 0 aliphatic carbocycles. The van der Waals surface area contributed by atoms with Crippen molar-refractivity contribution in [1.82, 2.24) is 10.3 Å². The number of ether oxygens (including phenoxy) is 1. The predicted octanol–water partition coefficient (Wildman–Crippen LogP) is 2.02. The molecule has 0 spiro atoms. The van der Waals surface area contributed by atoms with Gasteiger partial charge >= 0.3 is 0 Å². The number of hydrogen-bond donors (Lipinski definition) is 1. The van der Waals surface area contributed by atoms with Crippen LogP contribution in [0.3, 0.4) is 0 Å². The molecule has 1 aliphatic heterocycles. The van der Waals surface area contributed by atoms with Crippen LogP contribution in [0.1, 0.15) is 16.1 Å². The maximum Gasteiger partial charge on any atom is 0.278 e. The second-order valence-electron chi connectivity index (χ2n) is 4.84. The number of benzene rings is 1. The summed E-state index contributed by atoms with van der Waals surface area (Å²) in [6.07, 6.45) is 4.38. The van der Waals surface area contributed by atoms with Crippen molar-refractivity contribution < 1.29 is 9.53 Å². The smallest absolute Gasteiger partial charge is 0.278 e. The van der Waals surface area contributed by atoms with E-state index in [-0.39, 0.29) is 17.8 Å². The number of para-hydroxylation sites is 1. The summed E-state index contributed by atoms with van der Waals surface area (Å²) in [6, 6.07) is 14.5. The van der Waals surface area contributed by atoms with Crippen LogP contribution in [0.4, 0.5) is 5.69 Å². The molecule has 3 rings (SSSR count). The second kappa shape index (κ2) is 6.73. The van der Waals surface area contributed by atoms with Crippen molar-refractivity contribution in [2.75, 3.05) is 11.6 Å². The SMILES string of the molecule is N#Cc1ccc(C(=O)N(c2ccccc2)C2C=COCN2)nc1. The number of aromatic nitrogens is 1. The van der Waals surface area contributed by atoms with Gasteiger partial charge in [-0.3, -0.25) is 15.0 Å². The van der Waals surface area contributed by atoms with Crippen molar-refractivity contribution in [2.24, 2.45) is 0 Å². The van der Waals surface area contributed by atoms with Crippen LogP contribution in [0, 0.1) is 11.3 Å². The van der Waals surface area contributed by atoms with E-state index >= 15 is 0 Å². The molecule has 0 radical (unpaired) electrons. The van der Waals surface area contributed by atoms with Gasteiger partial charge in [-0.05, 0) is 30.3 Å². The Labute approximate surface area is 133 Å². The molecule has 1 amide bonds. The number of nitriles is 1. The molecule has 1 aromatic heterocycles. The van der Waals surface area contributed by atoms with Crippen LogP contribution in [0.25, 0.3) is 0 Å². The molecule has 114 valence electrons. The first-order valence-electron chi connectivity index (χ1n) is 7.06. The van der Waals surface area contributed by atoms with Crippen LogP contribution in [0.15, 0.2) is 61.0 Å². The molecule has 0 bridgehead atoms. The van der Waals surface area contributed by atoms with Gasteiger partial charge in [0.2, 0.25) is 0 Å². The average molecular weight is 306 g/mol. The maximum absolute atomic E-state index is 12.9. The first-order valence-corrected chi connectivity index (χ1v) is 7.06. The zero-order valence-electron chi connectivity index (χ0n) is 12.2. The number of carbonyl (C=O) groups excluding carboxylic acids is 1. The minimum Gasteiger partial charge on any atom is -0.486 e. The van der Waals surface area contributed by atoms with Crippen molar-refractivity contribution in [3.8, 4) is 6.07 Å². The molecule has 0 fully saturated rings. The highest BCUT2D eigenvalue weighted by atomic mass is 16.5. The summed E-state index contributed by atoms with van der Waals surface area (Å²) in [5, 5.41) is 11.9. The number of hydrogen-bond acceptors (Lipinski definition) is 5. The summed E-state index contributed by atoms with van der Waals surface area (Å²) in [6.45, 7) is 0.318. The molecule has 0 saturated carbocycles. The number of pyridine rings is 1. The van der Waals surface area contributed by atoms with Gasteiger partial charge in [-0.1, -0.05) is 18.2 Å². The molecule has 0 saturated heterocycles. The highest BCUT2D eigenvalue weighted by Crippen LogP contribution is 2.20. The fourth-order valence-electron chi connectivity index (χ4n) is 2.26. The van der Waals surface area contributed by atoms with Gasteiger partial charge in [0.15, 0.2) is 0 Å². The Bertz CT molecular complexity index is 750. The van der Waals surface area contributed by atoms with E-state index < -0.39 is 0 Å².